The van der Waals surface area contributed by atoms with Crippen LogP contribution in [0.3, 0.4) is 0 Å². The van der Waals surface area contributed by atoms with Crippen LogP contribution in [-0.4, -0.2) is 72.7 Å². The summed E-state index contributed by atoms with van der Waals surface area (Å²) in [6.07, 6.45) is 2.77. The zero-order chi connectivity index (χ0) is 17.3. The number of hydrogen-bond acceptors (Lipinski definition) is 7. The molecule has 3 fully saturated rings. The number of amides is 3. The molecule has 0 aromatic rings. The first-order valence-corrected chi connectivity index (χ1v) is 9.13. The molecule has 0 radical (unpaired) electrons. The minimum absolute atomic E-state index is 0.149. The Morgan fingerprint density at radius 2 is 2.17 bits per heavy atom. The van der Waals surface area contributed by atoms with Gasteiger partial charge in [0, 0.05) is 12.6 Å². The van der Waals surface area contributed by atoms with E-state index in [1.54, 1.807) is 0 Å². The molecule has 24 heavy (non-hydrogen) atoms. The highest BCUT2D eigenvalue weighted by Gasteiger charge is 2.49. The van der Waals surface area contributed by atoms with Crippen LogP contribution in [0.1, 0.15) is 25.7 Å². The van der Waals surface area contributed by atoms with E-state index >= 15 is 0 Å². The van der Waals surface area contributed by atoms with Crippen LogP contribution in [-0.2, 0) is 24.3 Å². The number of rotatable bonds is 6. The fraction of sp³-hybridized carbons (Fsp3) is 0.833. The third-order valence-electron chi connectivity index (χ3n) is 4.42. The maximum absolute atomic E-state index is 12.2. The second-order valence-corrected chi connectivity index (χ2v) is 7.09. The van der Waals surface area contributed by atoms with Crippen LogP contribution in [0.4, 0.5) is 4.79 Å². The van der Waals surface area contributed by atoms with Crippen molar-refractivity contribution in [1.82, 2.24) is 20.8 Å². The summed E-state index contributed by atoms with van der Waals surface area (Å²) in [4.78, 5) is 30.8. The molecule has 0 aliphatic carbocycles. The van der Waals surface area contributed by atoms with Crippen molar-refractivity contribution in [3.05, 3.63) is 0 Å². The number of carbonyl (C=O) groups excluding carboxylic acids is 2. The quantitative estimate of drug-likeness (QED) is 0.394. The van der Waals surface area contributed by atoms with Crippen LogP contribution in [0.5, 0.6) is 0 Å². The van der Waals surface area contributed by atoms with Crippen molar-refractivity contribution in [2.75, 3.05) is 19.7 Å². The van der Waals surface area contributed by atoms with E-state index in [-0.39, 0.29) is 12.6 Å². The smallest absolute Gasteiger partial charge is 0.312 e. The number of fused-ring (bicyclic) bond motifs is 2. The van der Waals surface area contributed by atoms with Gasteiger partial charge in [0.05, 0.1) is 12.6 Å². The molecule has 0 spiro atoms. The minimum Gasteiger partial charge on any atom is -0.312 e. The molecule has 12 heteroatoms. The Hall–Kier alpha value is -1.47. The van der Waals surface area contributed by atoms with Crippen molar-refractivity contribution in [1.29, 1.82) is 0 Å². The molecule has 3 amide bonds. The molecule has 3 N–H and O–H groups in total. The van der Waals surface area contributed by atoms with Crippen molar-refractivity contribution in [2.45, 2.75) is 43.8 Å². The summed E-state index contributed by atoms with van der Waals surface area (Å²) in [5.41, 5.74) is 2.35. The average molecular weight is 364 g/mol. The van der Waals surface area contributed by atoms with Crippen LogP contribution >= 0.6 is 0 Å². The van der Waals surface area contributed by atoms with E-state index < -0.39 is 34.4 Å². The van der Waals surface area contributed by atoms with E-state index in [9.17, 15) is 18.0 Å². The van der Waals surface area contributed by atoms with Gasteiger partial charge in [-0.3, -0.25) is 14.2 Å². The molecule has 0 saturated carbocycles. The summed E-state index contributed by atoms with van der Waals surface area (Å²) in [6.45, 7) is 1.42. The Bertz CT molecular complexity index is 607. The lowest BCUT2D eigenvalue weighted by atomic mass is 10.0. The Morgan fingerprint density at radius 3 is 2.83 bits per heavy atom. The highest BCUT2D eigenvalue weighted by atomic mass is 32.3. The van der Waals surface area contributed by atoms with Gasteiger partial charge in [-0.25, -0.2) is 10.3 Å². The summed E-state index contributed by atoms with van der Waals surface area (Å²) >= 11 is 0. The molecular formula is C12H20N4O7S. The maximum Gasteiger partial charge on any atom is 0.418 e. The second kappa shape index (κ2) is 6.80. The topological polar surface area (TPSA) is 138 Å². The lowest BCUT2D eigenvalue weighted by Crippen LogP contribution is -2.50. The number of hydrogen-bond donors (Lipinski definition) is 3. The molecule has 3 aliphatic rings. The third kappa shape index (κ3) is 3.78. The Morgan fingerprint density at radius 1 is 1.38 bits per heavy atom. The summed E-state index contributed by atoms with van der Waals surface area (Å²) in [5.74, 6) is -0.464. The van der Waals surface area contributed by atoms with Crippen LogP contribution in [0.15, 0.2) is 0 Å². The van der Waals surface area contributed by atoms with Gasteiger partial charge in [0.25, 0.3) is 5.91 Å². The van der Waals surface area contributed by atoms with Crippen LogP contribution in [0.2, 0.25) is 0 Å². The molecule has 3 heterocycles. The molecule has 3 rings (SSSR count). The maximum atomic E-state index is 12.2. The molecule has 2 bridgehead atoms. The Kier molecular flexibility index (Phi) is 4.92. The lowest BCUT2D eigenvalue weighted by molar-refractivity contribution is -0.139. The first-order chi connectivity index (χ1) is 11.3. The fourth-order valence-electron chi connectivity index (χ4n) is 3.28. The molecule has 3 saturated heterocycles. The molecule has 3 aliphatic heterocycles. The Labute approximate surface area is 139 Å². The van der Waals surface area contributed by atoms with Gasteiger partial charge in [-0.2, -0.15) is 13.5 Å². The SMILES string of the molecule is O=C(NOC[C@H]1CCCN1)C1CCC2CN1C(=O)N2OS(=O)(=O)O. The van der Waals surface area contributed by atoms with E-state index in [1.165, 1.54) is 4.90 Å². The van der Waals surface area contributed by atoms with Crippen LogP contribution < -0.4 is 10.8 Å². The molecular weight excluding hydrogens is 344 g/mol. The van der Waals surface area contributed by atoms with Gasteiger partial charge in [0.15, 0.2) is 0 Å². The van der Waals surface area contributed by atoms with Gasteiger partial charge < -0.3 is 10.2 Å². The van der Waals surface area contributed by atoms with Crippen molar-refractivity contribution >= 4 is 22.3 Å². The normalized spacial score (nSPS) is 30.0. The van der Waals surface area contributed by atoms with E-state index in [1.807, 2.05) is 0 Å². The van der Waals surface area contributed by atoms with Crippen molar-refractivity contribution in [3.63, 3.8) is 0 Å². The molecule has 0 aromatic carbocycles. The zero-order valence-corrected chi connectivity index (χ0v) is 13.7. The summed E-state index contributed by atoms with van der Waals surface area (Å²) in [6, 6.07) is -1.85. The standard InChI is InChI=1S/C12H20N4O7S/c17-11(14-22-7-8-2-1-5-13-8)10-4-3-9-6-15(10)12(18)16(9)23-24(19,20)21/h8-10,13H,1-7H2,(H,14,17)(H,19,20,21)/t8-,9?,10?/m1/s1. The van der Waals surface area contributed by atoms with Crippen molar-refractivity contribution in [2.24, 2.45) is 0 Å². The predicted octanol–water partition coefficient (Wildman–Crippen LogP) is -1.21. The highest BCUT2D eigenvalue weighted by Crippen LogP contribution is 2.30. The van der Waals surface area contributed by atoms with Gasteiger partial charge in [-0.15, -0.1) is 4.28 Å². The fourth-order valence-corrected chi connectivity index (χ4v) is 3.67. The molecule has 3 atom stereocenters. The van der Waals surface area contributed by atoms with Crippen LogP contribution in [0, 0.1) is 0 Å². The van der Waals surface area contributed by atoms with Crippen molar-refractivity contribution < 1.29 is 31.7 Å². The monoisotopic (exact) mass is 364 g/mol. The number of urea groups is 1. The largest absolute Gasteiger partial charge is 0.418 e. The second-order valence-electron chi connectivity index (χ2n) is 6.08. The van der Waals surface area contributed by atoms with Crippen molar-refractivity contribution in [3.8, 4) is 0 Å². The summed E-state index contributed by atoms with van der Waals surface area (Å²) < 4.78 is 34.7. The van der Waals surface area contributed by atoms with E-state index in [0.717, 1.165) is 19.4 Å². The van der Waals surface area contributed by atoms with Gasteiger partial charge >= 0.3 is 16.4 Å². The average Bonchev–Trinajstić information content (AvgIpc) is 3.10. The number of nitrogens with zero attached hydrogens (tertiary/aromatic N) is 2. The van der Waals surface area contributed by atoms with E-state index in [0.29, 0.717) is 24.5 Å². The third-order valence-corrected chi connectivity index (χ3v) is 4.77. The van der Waals surface area contributed by atoms with E-state index in [4.69, 9.17) is 9.39 Å². The lowest BCUT2D eigenvalue weighted by Gasteiger charge is -2.29. The first kappa shape index (κ1) is 17.4. The summed E-state index contributed by atoms with van der Waals surface area (Å²) in [7, 11) is -4.79. The van der Waals surface area contributed by atoms with Crippen LogP contribution in [0.25, 0.3) is 0 Å². The molecule has 0 aromatic heterocycles. The zero-order valence-electron chi connectivity index (χ0n) is 12.9. The molecule has 2 unspecified atom stereocenters. The number of piperidine rings is 1. The van der Waals surface area contributed by atoms with E-state index in [2.05, 4.69) is 15.1 Å². The predicted molar refractivity (Wildman–Crippen MR) is 78.5 cm³/mol. The number of carbonyl (C=O) groups is 2. The molecule has 136 valence electrons. The highest BCUT2D eigenvalue weighted by molar-refractivity contribution is 7.80. The minimum atomic E-state index is -4.79. The first-order valence-electron chi connectivity index (χ1n) is 7.77. The summed E-state index contributed by atoms with van der Waals surface area (Å²) in [5, 5.41) is 3.83. The number of nitrogens with one attached hydrogen (secondary N) is 2. The van der Waals surface area contributed by atoms with Gasteiger partial charge in [0.1, 0.15) is 6.04 Å². The van der Waals surface area contributed by atoms with Gasteiger partial charge in [-0.1, -0.05) is 0 Å². The van der Waals surface area contributed by atoms with Gasteiger partial charge in [0.2, 0.25) is 0 Å². The molecule has 11 nitrogen and oxygen atoms in total. The Balaban J connectivity index is 1.54. The number of hydroxylamine groups is 3. The van der Waals surface area contributed by atoms with Gasteiger partial charge in [-0.05, 0) is 32.2 Å².